The Bertz CT molecular complexity index is 689. The first kappa shape index (κ1) is 18.5. The Labute approximate surface area is 159 Å². The monoisotopic (exact) mass is 376 g/mol. The largest absolute Gasteiger partial charge is 0.486 e. The van der Waals surface area contributed by atoms with Gasteiger partial charge in [-0.3, -0.25) is 4.79 Å². The van der Waals surface area contributed by atoms with Crippen molar-refractivity contribution in [3.05, 3.63) is 24.3 Å². The van der Waals surface area contributed by atoms with E-state index in [0.717, 1.165) is 31.7 Å². The third-order valence-corrected chi connectivity index (χ3v) is 6.33. The van der Waals surface area contributed by atoms with Crippen molar-refractivity contribution in [2.24, 2.45) is 0 Å². The Hall–Kier alpha value is -1.83. The molecule has 1 spiro atoms. The number of amides is 1. The molecule has 1 aromatic carbocycles. The van der Waals surface area contributed by atoms with E-state index in [0.29, 0.717) is 18.9 Å². The molecule has 1 aromatic rings. The van der Waals surface area contributed by atoms with Crippen LogP contribution in [-0.2, 0) is 9.53 Å². The van der Waals surface area contributed by atoms with Gasteiger partial charge in [0.25, 0.3) is 0 Å². The molecule has 3 heterocycles. The fourth-order valence-electron chi connectivity index (χ4n) is 4.28. The van der Waals surface area contributed by atoms with Crippen LogP contribution >= 0.6 is 0 Å². The lowest BCUT2D eigenvalue weighted by atomic mass is 9.82. The van der Waals surface area contributed by atoms with Gasteiger partial charge in [0.2, 0.25) is 5.91 Å². The van der Waals surface area contributed by atoms with Gasteiger partial charge in [0, 0.05) is 26.7 Å². The molecule has 27 heavy (non-hydrogen) atoms. The molecule has 7 nitrogen and oxygen atoms in total. The summed E-state index contributed by atoms with van der Waals surface area (Å²) in [6.45, 7) is 4.77. The number of aliphatic hydroxyl groups is 1. The SMILES string of the molecule is CC1N(C)C(=O)COC12CCN(CC(O)C1COc3ccccc3O1)CC2. The number of likely N-dealkylation sites (N-methyl/N-ethyl adjacent to an activating group) is 1. The average Bonchev–Trinajstić information content (AvgIpc) is 2.70. The van der Waals surface area contributed by atoms with Gasteiger partial charge in [-0.05, 0) is 31.9 Å². The Morgan fingerprint density at radius 1 is 1.26 bits per heavy atom. The number of hydrogen-bond acceptors (Lipinski definition) is 6. The minimum Gasteiger partial charge on any atom is -0.486 e. The summed E-state index contributed by atoms with van der Waals surface area (Å²) in [5.74, 6) is 1.45. The first-order valence-electron chi connectivity index (χ1n) is 9.67. The van der Waals surface area contributed by atoms with Crippen LogP contribution in [-0.4, -0.2) is 84.6 Å². The molecule has 4 rings (SSSR count). The van der Waals surface area contributed by atoms with Gasteiger partial charge < -0.3 is 29.1 Å². The van der Waals surface area contributed by atoms with Crippen molar-refractivity contribution in [2.75, 3.05) is 39.9 Å². The standard InChI is InChI=1S/C20H28N2O5/c1-14-20(26-13-19(24)21(14)2)7-9-22(10-8-20)11-15(23)18-12-25-16-5-3-4-6-17(16)27-18/h3-6,14-15,18,23H,7-13H2,1-2H3. The topological polar surface area (TPSA) is 71.5 Å². The van der Waals surface area contributed by atoms with Crippen LogP contribution in [0.2, 0.25) is 0 Å². The Morgan fingerprint density at radius 2 is 1.96 bits per heavy atom. The van der Waals surface area contributed by atoms with Crippen molar-refractivity contribution in [1.29, 1.82) is 0 Å². The van der Waals surface area contributed by atoms with Crippen molar-refractivity contribution in [3.8, 4) is 11.5 Å². The number of rotatable bonds is 3. The first-order chi connectivity index (χ1) is 13.0. The molecular weight excluding hydrogens is 348 g/mol. The molecule has 0 aromatic heterocycles. The highest BCUT2D eigenvalue weighted by molar-refractivity contribution is 5.78. The number of carbonyl (C=O) groups excluding carboxylic acids is 1. The summed E-state index contributed by atoms with van der Waals surface area (Å²) in [6.07, 6.45) is 0.706. The van der Waals surface area contributed by atoms with Crippen molar-refractivity contribution >= 4 is 5.91 Å². The molecule has 3 aliphatic rings. The van der Waals surface area contributed by atoms with Gasteiger partial charge in [0.15, 0.2) is 17.6 Å². The number of β-amino-alcohol motifs (C(OH)–C–C–N with tert-alkyl or cyclic N) is 1. The van der Waals surface area contributed by atoms with Crippen molar-refractivity contribution < 1.29 is 24.1 Å². The van der Waals surface area contributed by atoms with Crippen molar-refractivity contribution in [2.45, 2.75) is 43.6 Å². The lowest BCUT2D eigenvalue weighted by Gasteiger charge is -2.51. The number of piperidine rings is 1. The predicted octanol–water partition coefficient (Wildman–Crippen LogP) is 0.899. The van der Waals surface area contributed by atoms with Gasteiger partial charge in [-0.25, -0.2) is 0 Å². The highest BCUT2D eigenvalue weighted by atomic mass is 16.6. The molecule has 3 unspecified atom stereocenters. The highest BCUT2D eigenvalue weighted by Crippen LogP contribution is 2.35. The fraction of sp³-hybridized carbons (Fsp3) is 0.650. The molecule has 3 aliphatic heterocycles. The number of carbonyl (C=O) groups is 1. The van der Waals surface area contributed by atoms with E-state index in [1.807, 2.05) is 31.3 Å². The van der Waals surface area contributed by atoms with Crippen LogP contribution in [0.25, 0.3) is 0 Å². The van der Waals surface area contributed by atoms with E-state index in [4.69, 9.17) is 14.2 Å². The fourth-order valence-corrected chi connectivity index (χ4v) is 4.28. The summed E-state index contributed by atoms with van der Waals surface area (Å²) >= 11 is 0. The minimum absolute atomic E-state index is 0.0423. The van der Waals surface area contributed by atoms with Gasteiger partial charge >= 0.3 is 0 Å². The van der Waals surface area contributed by atoms with Crippen LogP contribution in [0.3, 0.4) is 0 Å². The molecule has 2 fully saturated rings. The van der Waals surface area contributed by atoms with Crippen LogP contribution in [0.5, 0.6) is 11.5 Å². The maximum Gasteiger partial charge on any atom is 0.248 e. The Morgan fingerprint density at radius 3 is 2.70 bits per heavy atom. The van der Waals surface area contributed by atoms with E-state index in [-0.39, 0.29) is 30.3 Å². The van der Waals surface area contributed by atoms with E-state index >= 15 is 0 Å². The predicted molar refractivity (Wildman–Crippen MR) is 98.9 cm³/mol. The number of benzene rings is 1. The van der Waals surface area contributed by atoms with Gasteiger partial charge in [-0.2, -0.15) is 0 Å². The molecule has 0 saturated carbocycles. The molecule has 0 aliphatic carbocycles. The number of aliphatic hydroxyl groups excluding tert-OH is 1. The molecule has 2 saturated heterocycles. The number of morpholine rings is 1. The van der Waals surface area contributed by atoms with Crippen LogP contribution in [0.15, 0.2) is 24.3 Å². The van der Waals surface area contributed by atoms with E-state index < -0.39 is 6.10 Å². The summed E-state index contributed by atoms with van der Waals surface area (Å²) in [5.41, 5.74) is -0.270. The number of hydrogen-bond donors (Lipinski definition) is 1. The van der Waals surface area contributed by atoms with E-state index in [2.05, 4.69) is 11.8 Å². The second-order valence-electron chi connectivity index (χ2n) is 7.82. The molecule has 148 valence electrons. The van der Waals surface area contributed by atoms with Crippen molar-refractivity contribution in [3.63, 3.8) is 0 Å². The van der Waals surface area contributed by atoms with E-state index in [1.54, 1.807) is 4.90 Å². The zero-order valence-corrected chi connectivity index (χ0v) is 16.0. The lowest BCUT2D eigenvalue weighted by Crippen LogP contribution is -2.63. The first-order valence-corrected chi connectivity index (χ1v) is 9.67. The van der Waals surface area contributed by atoms with E-state index in [1.165, 1.54) is 0 Å². The van der Waals surface area contributed by atoms with Crippen LogP contribution < -0.4 is 9.47 Å². The van der Waals surface area contributed by atoms with Crippen molar-refractivity contribution in [1.82, 2.24) is 9.80 Å². The maximum absolute atomic E-state index is 11.8. The smallest absolute Gasteiger partial charge is 0.248 e. The Kier molecular flexibility index (Phi) is 5.01. The summed E-state index contributed by atoms with van der Waals surface area (Å²) in [5, 5.41) is 10.7. The molecule has 7 heteroatoms. The molecule has 0 bridgehead atoms. The van der Waals surface area contributed by atoms with Crippen LogP contribution in [0.4, 0.5) is 0 Å². The normalized spacial score (nSPS) is 29.0. The van der Waals surface area contributed by atoms with Crippen LogP contribution in [0, 0.1) is 0 Å². The van der Waals surface area contributed by atoms with Crippen LogP contribution in [0.1, 0.15) is 19.8 Å². The summed E-state index contributed by atoms with van der Waals surface area (Å²) in [6, 6.07) is 7.60. The third kappa shape index (κ3) is 3.51. The molecular formula is C20H28N2O5. The second-order valence-corrected chi connectivity index (χ2v) is 7.82. The quantitative estimate of drug-likeness (QED) is 0.845. The summed E-state index contributed by atoms with van der Waals surface area (Å²) in [7, 11) is 1.85. The Balaban J connectivity index is 1.31. The van der Waals surface area contributed by atoms with E-state index in [9.17, 15) is 9.90 Å². The van der Waals surface area contributed by atoms with Gasteiger partial charge in [0.05, 0.1) is 11.6 Å². The lowest BCUT2D eigenvalue weighted by molar-refractivity contribution is -0.184. The third-order valence-electron chi connectivity index (χ3n) is 6.33. The molecule has 3 atom stereocenters. The zero-order valence-electron chi connectivity index (χ0n) is 16.0. The number of para-hydroxylation sites is 2. The number of fused-ring (bicyclic) bond motifs is 1. The second kappa shape index (κ2) is 7.30. The number of likely N-dealkylation sites (tertiary alicyclic amines) is 1. The summed E-state index contributed by atoms with van der Waals surface area (Å²) < 4.78 is 17.6. The molecule has 1 amide bonds. The maximum atomic E-state index is 11.8. The zero-order chi connectivity index (χ0) is 19.0. The summed E-state index contributed by atoms with van der Waals surface area (Å²) in [4.78, 5) is 15.9. The number of nitrogens with zero attached hydrogens (tertiary/aromatic N) is 2. The van der Waals surface area contributed by atoms with Gasteiger partial charge in [0.1, 0.15) is 19.3 Å². The molecule has 1 N–H and O–H groups in total. The molecule has 0 radical (unpaired) electrons. The highest BCUT2D eigenvalue weighted by Gasteiger charge is 2.47. The average molecular weight is 376 g/mol. The van der Waals surface area contributed by atoms with Gasteiger partial charge in [-0.15, -0.1) is 0 Å². The minimum atomic E-state index is -0.624. The van der Waals surface area contributed by atoms with Gasteiger partial charge in [-0.1, -0.05) is 12.1 Å². The number of ether oxygens (including phenoxy) is 3.